The summed E-state index contributed by atoms with van der Waals surface area (Å²) in [6.07, 6.45) is 0. The van der Waals surface area contributed by atoms with Crippen molar-refractivity contribution in [2.75, 3.05) is 5.73 Å². The van der Waals surface area contributed by atoms with Gasteiger partial charge in [-0.2, -0.15) is 0 Å². The molecule has 0 fully saturated rings. The molecule has 2 nitrogen and oxygen atoms in total. The van der Waals surface area contributed by atoms with Gasteiger partial charge in [0.25, 0.3) is 0 Å². The van der Waals surface area contributed by atoms with Crippen LogP contribution in [0.4, 0.5) is 5.69 Å². The fourth-order valence-electron chi connectivity index (χ4n) is 1.58. The monoisotopic (exact) mass is 376 g/mol. The number of fused-ring (bicyclic) bond motifs is 1. The molecule has 2 rings (SSSR count). The summed E-state index contributed by atoms with van der Waals surface area (Å²) in [5, 5.41) is 1.02. The second-order valence-electron chi connectivity index (χ2n) is 3.57. The molecule has 0 unspecified atom stereocenters. The summed E-state index contributed by atoms with van der Waals surface area (Å²) in [5.41, 5.74) is 10.0. The van der Waals surface area contributed by atoms with Crippen molar-refractivity contribution in [3.8, 4) is 0 Å². The van der Waals surface area contributed by atoms with Gasteiger partial charge < -0.3 is 5.73 Å². The molecule has 2 aromatic rings. The molecule has 0 aliphatic heterocycles. The van der Waals surface area contributed by atoms with Crippen molar-refractivity contribution in [3.05, 3.63) is 31.4 Å². The van der Waals surface area contributed by atoms with E-state index >= 15 is 0 Å². The van der Waals surface area contributed by atoms with Crippen molar-refractivity contribution < 1.29 is 0 Å². The van der Waals surface area contributed by atoms with Crippen molar-refractivity contribution in [2.24, 2.45) is 0 Å². The van der Waals surface area contributed by atoms with Gasteiger partial charge in [-0.15, -0.1) is 0 Å². The number of hydrogen-bond donors (Lipinski definition) is 1. The summed E-state index contributed by atoms with van der Waals surface area (Å²) < 4.78 is 2.04. The first kappa shape index (κ1) is 11.1. The SMILES string of the molecule is Cc1cc(Br)c2nc(C)c(I)c(N)c2c1. The molecule has 0 aliphatic rings. The lowest BCUT2D eigenvalue weighted by atomic mass is 10.1. The van der Waals surface area contributed by atoms with E-state index in [-0.39, 0.29) is 0 Å². The number of aromatic nitrogens is 1. The first-order valence-electron chi connectivity index (χ1n) is 4.52. The largest absolute Gasteiger partial charge is 0.397 e. The lowest BCUT2D eigenvalue weighted by Crippen LogP contribution is -1.98. The van der Waals surface area contributed by atoms with Gasteiger partial charge in [-0.3, -0.25) is 4.98 Å². The Morgan fingerprint density at radius 3 is 2.67 bits per heavy atom. The van der Waals surface area contributed by atoms with E-state index in [1.54, 1.807) is 0 Å². The summed E-state index contributed by atoms with van der Waals surface area (Å²) in [4.78, 5) is 4.54. The normalized spacial score (nSPS) is 10.9. The number of nitrogens with zero attached hydrogens (tertiary/aromatic N) is 1. The molecule has 78 valence electrons. The summed E-state index contributed by atoms with van der Waals surface area (Å²) in [6, 6.07) is 4.13. The summed E-state index contributed by atoms with van der Waals surface area (Å²) in [7, 11) is 0. The topological polar surface area (TPSA) is 38.9 Å². The van der Waals surface area contributed by atoms with Crippen LogP contribution in [0.15, 0.2) is 16.6 Å². The van der Waals surface area contributed by atoms with Crippen molar-refractivity contribution in [1.29, 1.82) is 0 Å². The highest BCUT2D eigenvalue weighted by atomic mass is 127. The third-order valence-corrected chi connectivity index (χ3v) is 4.30. The number of anilines is 1. The standard InChI is InChI=1S/C11H10BrIN2/c1-5-3-7-10(14)9(13)6(2)15-11(7)8(12)4-5/h3-4H,1-2H3,(H2,14,15). The summed E-state index contributed by atoms with van der Waals surface area (Å²) in [6.45, 7) is 4.03. The Kier molecular flexibility index (Phi) is 2.89. The maximum atomic E-state index is 6.09. The molecule has 2 N–H and O–H groups in total. The molecule has 1 heterocycles. The number of aryl methyl sites for hydroxylation is 2. The quantitative estimate of drug-likeness (QED) is 0.710. The minimum Gasteiger partial charge on any atom is -0.397 e. The van der Waals surface area contributed by atoms with Gasteiger partial charge in [0.1, 0.15) is 0 Å². The lowest BCUT2D eigenvalue weighted by molar-refractivity contribution is 1.23. The molecular formula is C11H10BrIN2. The Balaban J connectivity index is 2.98. The van der Waals surface area contributed by atoms with Crippen molar-refractivity contribution in [1.82, 2.24) is 4.98 Å². The zero-order valence-corrected chi connectivity index (χ0v) is 12.2. The third kappa shape index (κ3) is 1.85. The molecule has 0 saturated carbocycles. The molecule has 15 heavy (non-hydrogen) atoms. The predicted molar refractivity (Wildman–Crippen MR) is 76.0 cm³/mol. The van der Waals surface area contributed by atoms with Crippen LogP contribution < -0.4 is 5.73 Å². The maximum absolute atomic E-state index is 6.09. The van der Waals surface area contributed by atoms with Crippen LogP contribution in [0.25, 0.3) is 10.9 Å². The van der Waals surface area contributed by atoms with E-state index < -0.39 is 0 Å². The molecule has 4 heteroatoms. The number of hydrogen-bond acceptors (Lipinski definition) is 2. The number of rotatable bonds is 0. The summed E-state index contributed by atoms with van der Waals surface area (Å²) >= 11 is 5.76. The fraction of sp³-hybridized carbons (Fsp3) is 0.182. The molecule has 0 amide bonds. The van der Waals surface area contributed by atoms with Crippen molar-refractivity contribution in [3.63, 3.8) is 0 Å². The van der Waals surface area contributed by atoms with E-state index in [1.165, 1.54) is 5.56 Å². The van der Waals surface area contributed by atoms with Gasteiger partial charge in [-0.1, -0.05) is 0 Å². The van der Waals surface area contributed by atoms with E-state index in [1.807, 2.05) is 6.92 Å². The van der Waals surface area contributed by atoms with Crippen LogP contribution in [0.3, 0.4) is 0 Å². The average Bonchev–Trinajstić information content (AvgIpc) is 2.17. The van der Waals surface area contributed by atoms with Crippen LogP contribution in [-0.2, 0) is 0 Å². The summed E-state index contributed by atoms with van der Waals surface area (Å²) in [5.74, 6) is 0. The Labute approximate surface area is 111 Å². The first-order chi connectivity index (χ1) is 7.00. The molecule has 0 bridgehead atoms. The van der Waals surface area contributed by atoms with Crippen LogP contribution in [0.1, 0.15) is 11.3 Å². The van der Waals surface area contributed by atoms with Gasteiger partial charge >= 0.3 is 0 Å². The minimum atomic E-state index is 0.822. The highest BCUT2D eigenvalue weighted by Gasteiger charge is 2.10. The second-order valence-corrected chi connectivity index (χ2v) is 5.50. The average molecular weight is 377 g/mol. The fourth-order valence-corrected chi connectivity index (χ4v) is 2.66. The third-order valence-electron chi connectivity index (χ3n) is 2.33. The van der Waals surface area contributed by atoms with E-state index in [0.717, 1.165) is 30.3 Å². The van der Waals surface area contributed by atoms with Crippen LogP contribution in [0, 0.1) is 17.4 Å². The van der Waals surface area contributed by atoms with Gasteiger partial charge in [0, 0.05) is 9.86 Å². The van der Waals surface area contributed by atoms with Crippen LogP contribution in [0.2, 0.25) is 0 Å². The Morgan fingerprint density at radius 1 is 1.33 bits per heavy atom. The van der Waals surface area contributed by atoms with E-state index in [2.05, 4.69) is 62.6 Å². The molecule has 0 saturated heterocycles. The van der Waals surface area contributed by atoms with Crippen molar-refractivity contribution >= 4 is 55.1 Å². The molecule has 0 radical (unpaired) electrons. The second kappa shape index (κ2) is 3.90. The number of benzene rings is 1. The maximum Gasteiger partial charge on any atom is 0.0868 e. The van der Waals surface area contributed by atoms with Crippen molar-refractivity contribution in [2.45, 2.75) is 13.8 Å². The highest BCUT2D eigenvalue weighted by molar-refractivity contribution is 14.1. The number of nitrogens with two attached hydrogens (primary N) is 1. The van der Waals surface area contributed by atoms with Gasteiger partial charge in [0.05, 0.1) is 20.5 Å². The number of nitrogen functional groups attached to an aromatic ring is 1. The van der Waals surface area contributed by atoms with Gasteiger partial charge in [-0.05, 0) is 70.1 Å². The molecule has 1 aromatic carbocycles. The number of pyridine rings is 1. The zero-order valence-electron chi connectivity index (χ0n) is 8.44. The van der Waals surface area contributed by atoms with Gasteiger partial charge in [0.2, 0.25) is 0 Å². The molecule has 0 spiro atoms. The van der Waals surface area contributed by atoms with Crippen LogP contribution >= 0.6 is 38.5 Å². The first-order valence-corrected chi connectivity index (χ1v) is 6.39. The van der Waals surface area contributed by atoms with E-state index in [4.69, 9.17) is 5.73 Å². The Bertz CT molecular complexity index is 552. The van der Waals surface area contributed by atoms with Gasteiger partial charge in [-0.25, -0.2) is 0 Å². The lowest BCUT2D eigenvalue weighted by Gasteiger charge is -2.09. The predicted octanol–water partition coefficient (Wildman–Crippen LogP) is 3.80. The molecular weight excluding hydrogens is 367 g/mol. The Morgan fingerprint density at radius 2 is 2.00 bits per heavy atom. The smallest absolute Gasteiger partial charge is 0.0868 e. The van der Waals surface area contributed by atoms with Crippen LogP contribution in [-0.4, -0.2) is 4.98 Å². The molecule has 0 aliphatic carbocycles. The van der Waals surface area contributed by atoms with Gasteiger partial charge in [0.15, 0.2) is 0 Å². The Hall–Kier alpha value is -0.360. The van der Waals surface area contributed by atoms with E-state index in [9.17, 15) is 0 Å². The zero-order chi connectivity index (χ0) is 11.2. The van der Waals surface area contributed by atoms with Crippen LogP contribution in [0.5, 0.6) is 0 Å². The molecule has 0 atom stereocenters. The minimum absolute atomic E-state index is 0.822. The molecule has 1 aromatic heterocycles. The van der Waals surface area contributed by atoms with E-state index in [0.29, 0.717) is 0 Å². The highest BCUT2D eigenvalue weighted by Crippen LogP contribution is 2.32. The number of halogens is 2.